The minimum atomic E-state index is -0.780. The normalized spacial score (nSPS) is 10.9. The van der Waals surface area contributed by atoms with Crippen molar-refractivity contribution >= 4 is 30.0 Å². The highest BCUT2D eigenvalue weighted by Crippen LogP contribution is 2.17. The molecule has 0 bridgehead atoms. The van der Waals surface area contributed by atoms with E-state index in [1.165, 1.54) is 30.6 Å². The van der Waals surface area contributed by atoms with Crippen molar-refractivity contribution in [3.05, 3.63) is 71.9 Å². The van der Waals surface area contributed by atoms with E-state index in [1.807, 2.05) is 0 Å². The summed E-state index contributed by atoms with van der Waals surface area (Å²) < 4.78 is 51.8. The number of anilines is 1. The summed E-state index contributed by atoms with van der Waals surface area (Å²) in [6.45, 7) is 0. The summed E-state index contributed by atoms with van der Waals surface area (Å²) in [6.07, 6.45) is 4.00. The molecule has 2 aromatic rings. The summed E-state index contributed by atoms with van der Waals surface area (Å²) in [7, 11) is 0. The Hall–Kier alpha value is -2.34. The van der Waals surface area contributed by atoms with E-state index in [4.69, 9.17) is 0 Å². The van der Waals surface area contributed by atoms with E-state index in [1.54, 1.807) is 0 Å². The van der Waals surface area contributed by atoms with Crippen LogP contribution in [-0.2, 0) is 0 Å². The minimum Gasteiger partial charge on any atom is -0.359 e. The molecular formula is C15H11ClF4N2. The van der Waals surface area contributed by atoms with Gasteiger partial charge in [0.2, 0.25) is 0 Å². The zero-order valence-corrected chi connectivity index (χ0v) is 11.9. The number of allylic oxidation sites excluding steroid dienone is 1. The molecule has 0 saturated heterocycles. The SMILES string of the molecule is Cl.Fc1ccc(N=C/C=C/Nc2ccc(F)cc2F)c(F)c1. The molecule has 0 atom stereocenters. The highest BCUT2D eigenvalue weighted by molar-refractivity contribution is 5.85. The number of rotatable bonds is 4. The van der Waals surface area contributed by atoms with E-state index in [2.05, 4.69) is 10.3 Å². The largest absolute Gasteiger partial charge is 0.359 e. The summed E-state index contributed by atoms with van der Waals surface area (Å²) in [6, 6.07) is 6.11. The second-order valence-electron chi connectivity index (χ2n) is 4.00. The van der Waals surface area contributed by atoms with Crippen LogP contribution >= 0.6 is 12.4 Å². The van der Waals surface area contributed by atoms with Crippen molar-refractivity contribution in [1.82, 2.24) is 0 Å². The maximum absolute atomic E-state index is 13.3. The van der Waals surface area contributed by atoms with Crippen LogP contribution in [0.5, 0.6) is 0 Å². The zero-order valence-electron chi connectivity index (χ0n) is 11.1. The molecule has 0 saturated carbocycles. The molecular weight excluding hydrogens is 320 g/mol. The maximum Gasteiger partial charge on any atom is 0.151 e. The van der Waals surface area contributed by atoms with Gasteiger partial charge in [0.1, 0.15) is 17.5 Å². The van der Waals surface area contributed by atoms with E-state index >= 15 is 0 Å². The fourth-order valence-corrected chi connectivity index (χ4v) is 1.50. The Morgan fingerprint density at radius 3 is 2.14 bits per heavy atom. The lowest BCUT2D eigenvalue weighted by molar-refractivity contribution is 0.584. The highest BCUT2D eigenvalue weighted by Gasteiger charge is 2.01. The van der Waals surface area contributed by atoms with Gasteiger partial charge in [0.25, 0.3) is 0 Å². The van der Waals surface area contributed by atoms with Crippen molar-refractivity contribution in [2.45, 2.75) is 0 Å². The van der Waals surface area contributed by atoms with Gasteiger partial charge in [-0.1, -0.05) is 0 Å². The summed E-state index contributed by atoms with van der Waals surface area (Å²) >= 11 is 0. The van der Waals surface area contributed by atoms with Gasteiger partial charge in [-0.3, -0.25) is 4.99 Å². The molecule has 0 aliphatic carbocycles. The summed E-state index contributed by atoms with van der Waals surface area (Å²) in [5, 5.41) is 2.58. The number of aliphatic imine (C=N–C) groups is 1. The van der Waals surface area contributed by atoms with Crippen LogP contribution < -0.4 is 5.32 Å². The monoisotopic (exact) mass is 330 g/mol. The molecule has 116 valence electrons. The van der Waals surface area contributed by atoms with E-state index in [9.17, 15) is 17.6 Å². The molecule has 2 aromatic carbocycles. The van der Waals surface area contributed by atoms with Crippen LogP contribution in [0.2, 0.25) is 0 Å². The Kier molecular flexibility index (Phi) is 6.59. The van der Waals surface area contributed by atoms with Crippen LogP contribution in [0, 0.1) is 23.3 Å². The predicted octanol–water partition coefficient (Wildman–Crippen LogP) is 4.99. The lowest BCUT2D eigenvalue weighted by Crippen LogP contribution is -1.92. The lowest BCUT2D eigenvalue weighted by Gasteiger charge is -2.01. The first-order valence-electron chi connectivity index (χ1n) is 5.92. The Bertz CT molecular complexity index is 702. The average molecular weight is 331 g/mol. The number of hydrogen-bond donors (Lipinski definition) is 1. The fraction of sp³-hybridized carbons (Fsp3) is 0. The molecule has 0 fully saturated rings. The third-order valence-corrected chi connectivity index (χ3v) is 2.48. The van der Waals surface area contributed by atoms with E-state index in [-0.39, 0.29) is 23.8 Å². The number of hydrogen-bond acceptors (Lipinski definition) is 2. The van der Waals surface area contributed by atoms with Crippen molar-refractivity contribution in [3.8, 4) is 0 Å². The second kappa shape index (κ2) is 8.19. The Morgan fingerprint density at radius 1 is 0.864 bits per heavy atom. The molecule has 0 unspecified atom stereocenters. The van der Waals surface area contributed by atoms with Crippen molar-refractivity contribution in [2.24, 2.45) is 4.99 Å². The molecule has 2 rings (SSSR count). The standard InChI is InChI=1S/C15H10F4N2.ClH/c16-10-2-4-14(12(18)8-10)20-6-1-7-21-15-5-3-11(17)9-13(15)19;/h1-9,20H;1H/b6-1+,21-7?;. The molecule has 0 aliphatic heterocycles. The van der Waals surface area contributed by atoms with Gasteiger partial charge in [-0.2, -0.15) is 0 Å². The van der Waals surface area contributed by atoms with Crippen molar-refractivity contribution in [1.29, 1.82) is 0 Å². The number of benzene rings is 2. The molecule has 0 spiro atoms. The van der Waals surface area contributed by atoms with Crippen LogP contribution in [0.4, 0.5) is 28.9 Å². The zero-order chi connectivity index (χ0) is 15.2. The van der Waals surface area contributed by atoms with Gasteiger partial charge in [-0.15, -0.1) is 12.4 Å². The first-order valence-corrected chi connectivity index (χ1v) is 5.92. The molecule has 0 aromatic heterocycles. The lowest BCUT2D eigenvalue weighted by atomic mass is 10.3. The van der Waals surface area contributed by atoms with Gasteiger partial charge in [0.15, 0.2) is 5.82 Å². The first-order chi connectivity index (χ1) is 10.1. The van der Waals surface area contributed by atoms with Gasteiger partial charge < -0.3 is 5.32 Å². The maximum atomic E-state index is 13.3. The second-order valence-corrected chi connectivity index (χ2v) is 4.00. The van der Waals surface area contributed by atoms with Crippen molar-refractivity contribution < 1.29 is 17.6 Å². The predicted molar refractivity (Wildman–Crippen MR) is 80.9 cm³/mol. The van der Waals surface area contributed by atoms with Crippen LogP contribution in [0.25, 0.3) is 0 Å². The van der Waals surface area contributed by atoms with Crippen LogP contribution in [-0.4, -0.2) is 6.21 Å². The molecule has 22 heavy (non-hydrogen) atoms. The topological polar surface area (TPSA) is 24.4 Å². The molecule has 0 radical (unpaired) electrons. The van der Waals surface area contributed by atoms with Crippen LogP contribution in [0.3, 0.4) is 0 Å². The first kappa shape index (κ1) is 17.7. The van der Waals surface area contributed by atoms with E-state index < -0.39 is 23.3 Å². The third kappa shape index (κ3) is 4.89. The van der Waals surface area contributed by atoms with Gasteiger partial charge >= 0.3 is 0 Å². The molecule has 2 nitrogen and oxygen atoms in total. The van der Waals surface area contributed by atoms with Gasteiger partial charge in [-0.05, 0) is 30.3 Å². The fourth-order valence-electron chi connectivity index (χ4n) is 1.50. The van der Waals surface area contributed by atoms with E-state index in [0.29, 0.717) is 0 Å². The summed E-state index contributed by atoms with van der Waals surface area (Å²) in [4.78, 5) is 3.77. The van der Waals surface area contributed by atoms with Gasteiger partial charge in [-0.25, -0.2) is 17.6 Å². The summed E-state index contributed by atoms with van der Waals surface area (Å²) in [5.74, 6) is -2.87. The van der Waals surface area contributed by atoms with Crippen molar-refractivity contribution in [3.63, 3.8) is 0 Å². The average Bonchev–Trinajstić information content (AvgIpc) is 2.42. The molecule has 1 N–H and O–H groups in total. The smallest absolute Gasteiger partial charge is 0.151 e. The third-order valence-electron chi connectivity index (χ3n) is 2.48. The van der Waals surface area contributed by atoms with Crippen LogP contribution in [0.1, 0.15) is 0 Å². The molecule has 0 amide bonds. The Labute approximate surface area is 130 Å². The Morgan fingerprint density at radius 2 is 1.50 bits per heavy atom. The van der Waals surface area contributed by atoms with Gasteiger partial charge in [0, 0.05) is 24.5 Å². The van der Waals surface area contributed by atoms with Crippen molar-refractivity contribution in [2.75, 3.05) is 5.32 Å². The number of nitrogens with zero attached hydrogens (tertiary/aromatic N) is 1. The number of halogens is 5. The molecule has 7 heteroatoms. The molecule has 0 heterocycles. The number of nitrogens with one attached hydrogen (secondary N) is 1. The van der Waals surface area contributed by atoms with E-state index in [0.717, 1.165) is 24.3 Å². The van der Waals surface area contributed by atoms with Crippen LogP contribution in [0.15, 0.2) is 53.7 Å². The Balaban J connectivity index is 0.00000242. The summed E-state index contributed by atoms with van der Waals surface area (Å²) in [5.41, 5.74) is 0.0722. The quantitative estimate of drug-likeness (QED) is 0.619. The highest BCUT2D eigenvalue weighted by atomic mass is 35.5. The molecule has 0 aliphatic rings. The van der Waals surface area contributed by atoms with Gasteiger partial charge in [0.05, 0.1) is 11.4 Å². The minimum absolute atomic E-state index is 0.